The summed E-state index contributed by atoms with van der Waals surface area (Å²) >= 11 is 1.44. The Labute approximate surface area is 106 Å². The molecule has 2 heterocycles. The molecule has 0 spiro atoms. The maximum absolute atomic E-state index is 10.9. The van der Waals surface area contributed by atoms with Crippen LogP contribution in [0.3, 0.4) is 0 Å². The van der Waals surface area contributed by atoms with Crippen molar-refractivity contribution in [2.75, 3.05) is 0 Å². The average molecular weight is 260 g/mol. The van der Waals surface area contributed by atoms with E-state index in [2.05, 4.69) is 9.97 Å². The molecular formula is C12H8N2O3S. The number of nitrogens with zero attached hydrogens (tertiary/aromatic N) is 2. The minimum Gasteiger partial charge on any atom is -0.478 e. The lowest BCUT2D eigenvalue weighted by atomic mass is 10.2. The van der Waals surface area contributed by atoms with Crippen molar-refractivity contribution in [2.24, 2.45) is 0 Å². The maximum atomic E-state index is 10.9. The van der Waals surface area contributed by atoms with E-state index < -0.39 is 5.97 Å². The molecular weight excluding hydrogens is 252 g/mol. The van der Waals surface area contributed by atoms with Gasteiger partial charge in [-0.15, -0.1) is 11.3 Å². The van der Waals surface area contributed by atoms with Crippen molar-refractivity contribution in [1.82, 2.24) is 9.97 Å². The van der Waals surface area contributed by atoms with Crippen LogP contribution in [-0.2, 0) is 0 Å². The summed E-state index contributed by atoms with van der Waals surface area (Å²) in [6, 6.07) is 4.63. The average Bonchev–Trinajstić information content (AvgIpc) is 2.92. The molecule has 0 saturated heterocycles. The molecule has 18 heavy (non-hydrogen) atoms. The number of aryl methyl sites for hydroxylation is 1. The Balaban J connectivity index is 2.17. The van der Waals surface area contributed by atoms with Gasteiger partial charge in [-0.3, -0.25) is 0 Å². The second kappa shape index (κ2) is 3.92. The fourth-order valence-electron chi connectivity index (χ4n) is 1.66. The molecule has 3 aromatic rings. The zero-order valence-electron chi connectivity index (χ0n) is 9.38. The number of carboxylic acids is 1. The zero-order chi connectivity index (χ0) is 12.7. The van der Waals surface area contributed by atoms with Crippen LogP contribution in [0.25, 0.3) is 21.9 Å². The molecule has 0 bridgehead atoms. The number of thiazole rings is 1. The third-order valence-corrected chi connectivity index (χ3v) is 3.49. The van der Waals surface area contributed by atoms with Crippen LogP contribution in [0.15, 0.2) is 28.1 Å². The lowest BCUT2D eigenvalue weighted by molar-refractivity contribution is 0.0697. The van der Waals surface area contributed by atoms with Crippen LogP contribution < -0.4 is 0 Å². The van der Waals surface area contributed by atoms with Gasteiger partial charge in [-0.1, -0.05) is 0 Å². The van der Waals surface area contributed by atoms with Gasteiger partial charge in [0.2, 0.25) is 5.89 Å². The first-order chi connectivity index (χ1) is 8.65. The fraction of sp³-hybridized carbons (Fsp3) is 0.0833. The summed E-state index contributed by atoms with van der Waals surface area (Å²) in [7, 11) is 0. The van der Waals surface area contributed by atoms with E-state index in [9.17, 15) is 4.79 Å². The van der Waals surface area contributed by atoms with Crippen LogP contribution in [0.2, 0.25) is 0 Å². The standard InChI is InChI=1S/C12H8N2O3S/c1-6-10(18-5-13-6)11-14-8-3-2-7(12(15)16)4-9(8)17-11/h2-5H,1H3,(H,15,16). The van der Waals surface area contributed by atoms with Gasteiger partial charge in [0.15, 0.2) is 5.58 Å². The predicted octanol–water partition coefficient (Wildman–Crippen LogP) is 2.96. The maximum Gasteiger partial charge on any atom is 0.335 e. The molecule has 1 N–H and O–H groups in total. The summed E-state index contributed by atoms with van der Waals surface area (Å²) in [5.74, 6) is -0.503. The van der Waals surface area contributed by atoms with Crippen LogP contribution in [-0.4, -0.2) is 21.0 Å². The molecule has 90 valence electrons. The normalized spacial score (nSPS) is 10.9. The Morgan fingerprint density at radius 2 is 2.28 bits per heavy atom. The van der Waals surface area contributed by atoms with Crippen molar-refractivity contribution < 1.29 is 14.3 Å². The van der Waals surface area contributed by atoms with Gasteiger partial charge >= 0.3 is 5.97 Å². The van der Waals surface area contributed by atoms with Crippen LogP contribution in [0.5, 0.6) is 0 Å². The van der Waals surface area contributed by atoms with Crippen molar-refractivity contribution in [3.05, 3.63) is 35.0 Å². The van der Waals surface area contributed by atoms with Gasteiger partial charge < -0.3 is 9.52 Å². The number of hydrogen-bond acceptors (Lipinski definition) is 5. The van der Waals surface area contributed by atoms with Crippen molar-refractivity contribution in [3.8, 4) is 10.8 Å². The van der Waals surface area contributed by atoms with E-state index in [0.717, 1.165) is 10.6 Å². The smallest absolute Gasteiger partial charge is 0.335 e. The second-order valence-corrected chi connectivity index (χ2v) is 4.63. The summed E-state index contributed by atoms with van der Waals surface area (Å²) in [6.07, 6.45) is 0. The predicted molar refractivity (Wildman–Crippen MR) is 66.8 cm³/mol. The quantitative estimate of drug-likeness (QED) is 0.766. The number of benzene rings is 1. The van der Waals surface area contributed by atoms with Gasteiger partial charge in [0.25, 0.3) is 0 Å². The Bertz CT molecular complexity index is 745. The van der Waals surface area contributed by atoms with Crippen LogP contribution >= 0.6 is 11.3 Å². The van der Waals surface area contributed by atoms with Crippen LogP contribution in [0.1, 0.15) is 16.1 Å². The number of carbonyl (C=O) groups is 1. The van der Waals surface area contributed by atoms with E-state index in [1.807, 2.05) is 6.92 Å². The number of hydrogen-bond donors (Lipinski definition) is 1. The minimum absolute atomic E-state index is 0.186. The lowest BCUT2D eigenvalue weighted by Gasteiger charge is -1.91. The minimum atomic E-state index is -0.983. The Morgan fingerprint density at radius 1 is 1.44 bits per heavy atom. The molecule has 0 fully saturated rings. The van der Waals surface area contributed by atoms with Crippen molar-refractivity contribution in [1.29, 1.82) is 0 Å². The molecule has 2 aromatic heterocycles. The van der Waals surface area contributed by atoms with Crippen molar-refractivity contribution in [3.63, 3.8) is 0 Å². The molecule has 0 aliphatic rings. The molecule has 5 nitrogen and oxygen atoms in total. The summed E-state index contributed by atoms with van der Waals surface area (Å²) in [5, 5.41) is 8.91. The first-order valence-corrected chi connectivity index (χ1v) is 6.07. The monoisotopic (exact) mass is 260 g/mol. The molecule has 0 saturated carbocycles. The second-order valence-electron chi connectivity index (χ2n) is 3.77. The van der Waals surface area contributed by atoms with E-state index in [4.69, 9.17) is 9.52 Å². The van der Waals surface area contributed by atoms with Gasteiger partial charge in [0, 0.05) is 0 Å². The third-order valence-electron chi connectivity index (χ3n) is 2.58. The molecule has 0 aliphatic heterocycles. The zero-order valence-corrected chi connectivity index (χ0v) is 10.2. The Hall–Kier alpha value is -2.21. The SMILES string of the molecule is Cc1ncsc1-c1nc2ccc(C(=O)O)cc2o1. The molecule has 0 aliphatic carbocycles. The summed E-state index contributed by atoms with van der Waals surface area (Å²) in [4.78, 5) is 20.2. The molecule has 1 aromatic carbocycles. The van der Waals surface area contributed by atoms with Crippen LogP contribution in [0.4, 0.5) is 0 Å². The Kier molecular flexibility index (Phi) is 2.38. The summed E-state index contributed by atoms with van der Waals surface area (Å²) in [6.45, 7) is 1.88. The van der Waals surface area contributed by atoms with Gasteiger partial charge in [0.05, 0.1) is 16.8 Å². The van der Waals surface area contributed by atoms with Crippen molar-refractivity contribution in [2.45, 2.75) is 6.92 Å². The third kappa shape index (κ3) is 1.67. The van der Waals surface area contributed by atoms with Gasteiger partial charge in [-0.05, 0) is 25.1 Å². The van der Waals surface area contributed by atoms with E-state index in [1.54, 1.807) is 11.6 Å². The van der Waals surface area contributed by atoms with Crippen LogP contribution in [0, 0.1) is 6.92 Å². The first kappa shape index (κ1) is 10.9. The van der Waals surface area contributed by atoms with E-state index in [-0.39, 0.29) is 5.56 Å². The number of fused-ring (bicyclic) bond motifs is 1. The largest absolute Gasteiger partial charge is 0.478 e. The molecule has 6 heteroatoms. The number of carboxylic acid groups (broad SMARTS) is 1. The topological polar surface area (TPSA) is 76.2 Å². The number of aromatic carboxylic acids is 1. The highest BCUT2D eigenvalue weighted by molar-refractivity contribution is 7.13. The van der Waals surface area contributed by atoms with E-state index in [1.165, 1.54) is 23.5 Å². The fourth-order valence-corrected chi connectivity index (χ4v) is 2.39. The molecule has 3 rings (SSSR count). The van der Waals surface area contributed by atoms with E-state index in [0.29, 0.717) is 17.0 Å². The summed E-state index contributed by atoms with van der Waals surface area (Å²) in [5.41, 5.74) is 3.87. The van der Waals surface area contributed by atoms with Gasteiger partial charge in [0.1, 0.15) is 10.4 Å². The molecule has 0 radical (unpaired) electrons. The van der Waals surface area contributed by atoms with Gasteiger partial charge in [-0.25, -0.2) is 14.8 Å². The van der Waals surface area contributed by atoms with E-state index >= 15 is 0 Å². The Morgan fingerprint density at radius 3 is 2.94 bits per heavy atom. The summed E-state index contributed by atoms with van der Waals surface area (Å²) < 4.78 is 5.58. The van der Waals surface area contributed by atoms with Crippen molar-refractivity contribution >= 4 is 28.4 Å². The van der Waals surface area contributed by atoms with Gasteiger partial charge in [-0.2, -0.15) is 0 Å². The highest BCUT2D eigenvalue weighted by Crippen LogP contribution is 2.29. The first-order valence-electron chi connectivity index (χ1n) is 5.19. The highest BCUT2D eigenvalue weighted by Gasteiger charge is 2.14. The molecule has 0 atom stereocenters. The lowest BCUT2D eigenvalue weighted by Crippen LogP contribution is -1.94. The number of aromatic nitrogens is 2. The number of rotatable bonds is 2. The molecule has 0 amide bonds. The molecule has 0 unspecified atom stereocenters. The number of oxazole rings is 1. The highest BCUT2D eigenvalue weighted by atomic mass is 32.1.